The van der Waals surface area contributed by atoms with Crippen molar-refractivity contribution in [1.29, 1.82) is 0 Å². The Morgan fingerprint density at radius 1 is 0.949 bits per heavy atom. The third-order valence-electron chi connectivity index (χ3n) is 7.21. The van der Waals surface area contributed by atoms with Gasteiger partial charge in [0.2, 0.25) is 6.79 Å². The highest BCUT2D eigenvalue weighted by atomic mass is 16.7. The van der Waals surface area contributed by atoms with Gasteiger partial charge in [0.25, 0.3) is 0 Å². The first-order valence-corrected chi connectivity index (χ1v) is 14.1. The van der Waals surface area contributed by atoms with Crippen molar-refractivity contribution in [2.45, 2.75) is 59.2 Å². The van der Waals surface area contributed by atoms with Gasteiger partial charge >= 0.3 is 0 Å². The largest absolute Gasteiger partial charge is 0.454 e. The number of aromatic nitrogens is 2. The molecule has 5 rings (SSSR count). The van der Waals surface area contributed by atoms with E-state index in [0.717, 1.165) is 61.9 Å². The van der Waals surface area contributed by atoms with E-state index < -0.39 is 0 Å². The first kappa shape index (κ1) is 26.8. The number of rotatable bonds is 12. The Hall–Kier alpha value is -3.83. The van der Waals surface area contributed by atoms with E-state index in [1.165, 1.54) is 22.4 Å². The van der Waals surface area contributed by atoms with Crippen LogP contribution in [0.25, 0.3) is 17.5 Å². The molecule has 5 heteroatoms. The number of hydrogen-bond donors (Lipinski definition) is 0. The predicted octanol–water partition coefficient (Wildman–Crippen LogP) is 7.92. The monoisotopic (exact) mass is 521 g/mol. The van der Waals surface area contributed by atoms with Crippen LogP contribution in [0.2, 0.25) is 0 Å². The van der Waals surface area contributed by atoms with Gasteiger partial charge in [-0.05, 0) is 41.2 Å². The molecule has 1 aromatic heterocycles. The summed E-state index contributed by atoms with van der Waals surface area (Å²) >= 11 is 0. The Balaban J connectivity index is 1.39. The lowest BCUT2D eigenvalue weighted by Gasteiger charge is -2.22. The highest BCUT2D eigenvalue weighted by molar-refractivity contribution is 5.56. The molecular weight excluding hydrogens is 482 g/mol. The summed E-state index contributed by atoms with van der Waals surface area (Å²) in [4.78, 5) is 7.34. The molecule has 2 heterocycles. The van der Waals surface area contributed by atoms with Gasteiger partial charge in [0.1, 0.15) is 5.82 Å². The van der Waals surface area contributed by atoms with Crippen LogP contribution in [0, 0.1) is 0 Å². The van der Waals surface area contributed by atoms with Crippen LogP contribution in [0.3, 0.4) is 0 Å². The molecule has 3 aromatic carbocycles. The molecule has 0 aliphatic carbocycles. The molecule has 0 fully saturated rings. The average molecular weight is 522 g/mol. The maximum Gasteiger partial charge on any atom is 0.231 e. The van der Waals surface area contributed by atoms with Crippen LogP contribution in [0.1, 0.15) is 61.9 Å². The molecular formula is C34H39N3O2. The summed E-state index contributed by atoms with van der Waals surface area (Å²) in [5.41, 5.74) is 6.19. The Bertz CT molecular complexity index is 1370. The lowest BCUT2D eigenvalue weighted by Crippen LogP contribution is -2.24. The van der Waals surface area contributed by atoms with E-state index in [9.17, 15) is 0 Å². The van der Waals surface area contributed by atoms with Crippen LogP contribution < -0.4 is 9.47 Å². The zero-order chi connectivity index (χ0) is 27.0. The zero-order valence-electron chi connectivity index (χ0n) is 23.3. The van der Waals surface area contributed by atoms with Crippen LogP contribution in [0.4, 0.5) is 0 Å². The molecule has 0 amide bonds. The number of unbranched alkanes of at least 4 members (excludes halogenated alkanes) is 1. The number of nitrogens with zero attached hydrogens (tertiary/aromatic N) is 3. The SMILES string of the molecule is CCCCn1c(CN(C/C=C/c2ccc(C(C)C)cc2)Cc2ccc3c(c2)OCO3)cnc1-c1ccccc1. The third-order valence-corrected chi connectivity index (χ3v) is 7.21. The molecule has 0 N–H and O–H groups in total. The van der Waals surface area contributed by atoms with Crippen molar-refractivity contribution in [3.63, 3.8) is 0 Å². The fraction of sp³-hybridized carbons (Fsp3) is 0.324. The topological polar surface area (TPSA) is 39.5 Å². The molecule has 5 nitrogen and oxygen atoms in total. The molecule has 202 valence electrons. The summed E-state index contributed by atoms with van der Waals surface area (Å²) in [5.74, 6) is 3.23. The number of benzene rings is 3. The quantitative estimate of drug-likeness (QED) is 0.190. The van der Waals surface area contributed by atoms with Crippen molar-refractivity contribution < 1.29 is 9.47 Å². The van der Waals surface area contributed by atoms with E-state index in [2.05, 4.69) is 115 Å². The summed E-state index contributed by atoms with van der Waals surface area (Å²) in [6.07, 6.45) is 8.81. The van der Waals surface area contributed by atoms with Crippen molar-refractivity contribution in [2.24, 2.45) is 0 Å². The number of hydrogen-bond acceptors (Lipinski definition) is 4. The molecule has 1 aliphatic rings. The van der Waals surface area contributed by atoms with E-state index in [0.29, 0.717) is 12.7 Å². The molecule has 1 aliphatic heterocycles. The van der Waals surface area contributed by atoms with Gasteiger partial charge in [0.15, 0.2) is 11.5 Å². The first-order valence-electron chi connectivity index (χ1n) is 14.1. The minimum Gasteiger partial charge on any atom is -0.454 e. The highest BCUT2D eigenvalue weighted by Gasteiger charge is 2.17. The minimum absolute atomic E-state index is 0.291. The highest BCUT2D eigenvalue weighted by Crippen LogP contribution is 2.33. The van der Waals surface area contributed by atoms with Gasteiger partial charge < -0.3 is 14.0 Å². The van der Waals surface area contributed by atoms with Crippen molar-refractivity contribution in [2.75, 3.05) is 13.3 Å². The van der Waals surface area contributed by atoms with Crippen LogP contribution in [-0.2, 0) is 19.6 Å². The number of imidazole rings is 1. The fourth-order valence-electron chi connectivity index (χ4n) is 4.96. The Morgan fingerprint density at radius 3 is 2.51 bits per heavy atom. The first-order chi connectivity index (χ1) is 19.1. The van der Waals surface area contributed by atoms with Crippen molar-refractivity contribution >= 4 is 6.08 Å². The van der Waals surface area contributed by atoms with Crippen LogP contribution in [0.15, 0.2) is 85.1 Å². The summed E-state index contributed by atoms with van der Waals surface area (Å²) in [7, 11) is 0. The fourth-order valence-corrected chi connectivity index (χ4v) is 4.96. The minimum atomic E-state index is 0.291. The van der Waals surface area contributed by atoms with Gasteiger partial charge in [-0.1, -0.05) is 100 Å². The Labute approximate surface area is 232 Å². The summed E-state index contributed by atoms with van der Waals surface area (Å²) in [6.45, 7) is 10.4. The van der Waals surface area contributed by atoms with E-state index in [4.69, 9.17) is 14.5 Å². The van der Waals surface area contributed by atoms with E-state index in [1.807, 2.05) is 6.07 Å². The summed E-state index contributed by atoms with van der Waals surface area (Å²) < 4.78 is 13.6. The van der Waals surface area contributed by atoms with Crippen molar-refractivity contribution in [3.8, 4) is 22.9 Å². The molecule has 0 spiro atoms. The molecule has 4 aromatic rings. The molecule has 39 heavy (non-hydrogen) atoms. The van der Waals surface area contributed by atoms with Crippen molar-refractivity contribution in [3.05, 3.63) is 107 Å². The Kier molecular flexibility index (Phi) is 8.79. The molecule has 0 saturated carbocycles. The van der Waals surface area contributed by atoms with E-state index >= 15 is 0 Å². The molecule has 0 atom stereocenters. The summed E-state index contributed by atoms with van der Waals surface area (Å²) in [5, 5.41) is 0. The second kappa shape index (κ2) is 12.8. The van der Waals surface area contributed by atoms with Gasteiger partial charge in [0, 0.05) is 31.7 Å². The van der Waals surface area contributed by atoms with Gasteiger partial charge in [-0.25, -0.2) is 4.98 Å². The molecule has 0 saturated heterocycles. The van der Waals surface area contributed by atoms with Crippen LogP contribution in [-0.4, -0.2) is 27.8 Å². The molecule has 0 bridgehead atoms. The third kappa shape index (κ3) is 6.79. The molecule has 0 radical (unpaired) electrons. The zero-order valence-corrected chi connectivity index (χ0v) is 23.3. The normalized spacial score (nSPS) is 12.7. The average Bonchev–Trinajstić information content (AvgIpc) is 3.59. The standard InChI is InChI=1S/C34H39N3O2/c1-4-5-20-37-31(22-35-34(37)30-11-7-6-8-12-30)24-36(23-28-15-18-32-33(21-28)39-25-38-32)19-9-10-27-13-16-29(17-14-27)26(2)3/h6-18,21-22,26H,4-5,19-20,23-25H2,1-3H3/b10-9+. The lowest BCUT2D eigenvalue weighted by molar-refractivity contribution is 0.174. The van der Waals surface area contributed by atoms with E-state index in [1.54, 1.807) is 0 Å². The predicted molar refractivity (Wildman–Crippen MR) is 159 cm³/mol. The van der Waals surface area contributed by atoms with Gasteiger partial charge in [-0.2, -0.15) is 0 Å². The van der Waals surface area contributed by atoms with Crippen LogP contribution >= 0.6 is 0 Å². The summed E-state index contributed by atoms with van der Waals surface area (Å²) in [6, 6.07) is 25.6. The molecule has 0 unspecified atom stereocenters. The maximum absolute atomic E-state index is 5.65. The number of fused-ring (bicyclic) bond motifs is 1. The second-order valence-electron chi connectivity index (χ2n) is 10.5. The second-order valence-corrected chi connectivity index (χ2v) is 10.5. The van der Waals surface area contributed by atoms with Crippen LogP contribution in [0.5, 0.6) is 11.5 Å². The number of ether oxygens (including phenoxy) is 2. The maximum atomic E-state index is 5.65. The van der Waals surface area contributed by atoms with Gasteiger partial charge in [0.05, 0.1) is 11.9 Å². The Morgan fingerprint density at radius 2 is 1.74 bits per heavy atom. The lowest BCUT2D eigenvalue weighted by atomic mass is 10.0. The van der Waals surface area contributed by atoms with E-state index in [-0.39, 0.29) is 0 Å². The van der Waals surface area contributed by atoms with Crippen molar-refractivity contribution in [1.82, 2.24) is 14.5 Å². The smallest absolute Gasteiger partial charge is 0.231 e. The van der Waals surface area contributed by atoms with Gasteiger partial charge in [-0.3, -0.25) is 4.90 Å². The van der Waals surface area contributed by atoms with Gasteiger partial charge in [-0.15, -0.1) is 0 Å².